The molecule has 0 unspecified atom stereocenters. The fourth-order valence-corrected chi connectivity index (χ4v) is 5.22. The van der Waals surface area contributed by atoms with Crippen molar-refractivity contribution >= 4 is 11.0 Å². The summed E-state index contributed by atoms with van der Waals surface area (Å²) in [5, 5.41) is 72.1. The van der Waals surface area contributed by atoms with Gasteiger partial charge in [0.15, 0.2) is 12.6 Å². The van der Waals surface area contributed by atoms with Crippen molar-refractivity contribution in [2.45, 2.75) is 93.4 Å². The first kappa shape index (κ1) is 29.3. The van der Waals surface area contributed by atoms with Gasteiger partial charge in [-0.2, -0.15) is 0 Å². The molecule has 3 aliphatic heterocycles. The molecule has 2 fully saturated rings. The lowest BCUT2D eigenvalue weighted by Gasteiger charge is -2.47. The topological polar surface area (TPSA) is 218 Å². The Morgan fingerprint density at radius 2 is 1.55 bits per heavy atom. The molecule has 4 heterocycles. The summed E-state index contributed by atoms with van der Waals surface area (Å²) in [6.07, 6.45) is -15.6. The van der Waals surface area contributed by atoms with Crippen LogP contribution in [0.15, 0.2) is 33.5 Å². The molecule has 3 aliphatic rings. The molecule has 0 bridgehead atoms. The highest BCUT2D eigenvalue weighted by Crippen LogP contribution is 2.39. The maximum absolute atomic E-state index is 11.6. The van der Waals surface area contributed by atoms with Crippen LogP contribution in [0.5, 0.6) is 5.75 Å². The molecule has 7 N–H and O–H groups in total. The van der Waals surface area contributed by atoms with Gasteiger partial charge in [0.05, 0.1) is 13.2 Å². The number of benzene rings is 1. The van der Waals surface area contributed by atoms with Crippen LogP contribution in [0.2, 0.25) is 0 Å². The Bertz CT molecular complexity index is 1240. The maximum Gasteiger partial charge on any atom is 0.336 e. The van der Waals surface area contributed by atoms with Gasteiger partial charge in [-0.1, -0.05) is 0 Å². The number of aliphatic hydroxyl groups is 7. The summed E-state index contributed by atoms with van der Waals surface area (Å²) >= 11 is 0. The molecule has 40 heavy (non-hydrogen) atoms. The summed E-state index contributed by atoms with van der Waals surface area (Å²) in [5.41, 5.74) is -0.354. The normalized spacial score (nSPS) is 38.3. The highest BCUT2D eigenvalue weighted by Gasteiger charge is 2.52. The predicted octanol–water partition coefficient (Wildman–Crippen LogP) is -2.48. The minimum atomic E-state index is -1.76. The smallest absolute Gasteiger partial charge is 0.336 e. The Labute approximate surface area is 227 Å². The molecule has 14 heteroatoms. The summed E-state index contributed by atoms with van der Waals surface area (Å²) in [4.78, 5) is 11.6. The van der Waals surface area contributed by atoms with Gasteiger partial charge >= 0.3 is 5.63 Å². The van der Waals surface area contributed by atoms with Crippen LogP contribution < -0.4 is 10.4 Å². The molecular formula is C26H34O14. The number of hydrogen-bond donors (Lipinski definition) is 7. The average molecular weight is 571 g/mol. The fourth-order valence-electron chi connectivity index (χ4n) is 5.22. The van der Waals surface area contributed by atoms with E-state index in [0.717, 1.165) is 10.9 Å². The zero-order chi connectivity index (χ0) is 28.9. The number of rotatable bonds is 7. The molecule has 1 aromatic heterocycles. The minimum Gasteiger partial charge on any atom is -0.487 e. The molecule has 5 rings (SSSR count). The first-order valence-corrected chi connectivity index (χ1v) is 12.9. The van der Waals surface area contributed by atoms with E-state index >= 15 is 0 Å². The van der Waals surface area contributed by atoms with Crippen molar-refractivity contribution in [1.82, 2.24) is 0 Å². The van der Waals surface area contributed by atoms with Gasteiger partial charge in [0.25, 0.3) is 0 Å². The molecule has 2 aromatic rings. The molecule has 0 radical (unpaired) electrons. The molecular weight excluding hydrogens is 536 g/mol. The highest BCUT2D eigenvalue weighted by molar-refractivity contribution is 5.79. The van der Waals surface area contributed by atoms with Crippen molar-refractivity contribution in [1.29, 1.82) is 0 Å². The zero-order valence-corrected chi connectivity index (χ0v) is 21.8. The van der Waals surface area contributed by atoms with Crippen LogP contribution in [0, 0.1) is 0 Å². The van der Waals surface area contributed by atoms with Crippen molar-refractivity contribution in [3.8, 4) is 5.75 Å². The van der Waals surface area contributed by atoms with E-state index in [4.69, 9.17) is 28.1 Å². The number of hydrogen-bond acceptors (Lipinski definition) is 14. The van der Waals surface area contributed by atoms with Crippen LogP contribution in [0.4, 0.5) is 0 Å². The summed E-state index contributed by atoms with van der Waals surface area (Å²) in [5.74, 6) is 0.509. The Hall–Kier alpha value is -2.21. The summed E-state index contributed by atoms with van der Waals surface area (Å²) in [7, 11) is 0. The van der Waals surface area contributed by atoms with Crippen molar-refractivity contribution in [3.63, 3.8) is 0 Å². The fraction of sp³-hybridized carbons (Fsp3) is 0.654. The third kappa shape index (κ3) is 5.37. The van der Waals surface area contributed by atoms with Gasteiger partial charge in [-0.3, -0.25) is 0 Å². The van der Waals surface area contributed by atoms with Crippen molar-refractivity contribution < 1.29 is 63.8 Å². The average Bonchev–Trinajstić information content (AvgIpc) is 3.35. The molecule has 11 atom stereocenters. The minimum absolute atomic E-state index is 0.371. The first-order chi connectivity index (χ1) is 18.9. The zero-order valence-electron chi connectivity index (χ0n) is 21.8. The molecule has 1 aromatic carbocycles. The summed E-state index contributed by atoms with van der Waals surface area (Å²) in [6.45, 7) is 2.03. The Kier molecular flexibility index (Phi) is 8.22. The number of ether oxygens (including phenoxy) is 5. The quantitative estimate of drug-likeness (QED) is 0.172. The Balaban J connectivity index is 1.27. The van der Waals surface area contributed by atoms with Gasteiger partial charge in [-0.15, -0.1) is 0 Å². The van der Waals surface area contributed by atoms with Crippen LogP contribution in [-0.2, 0) is 25.4 Å². The largest absolute Gasteiger partial charge is 0.487 e. The molecule has 14 nitrogen and oxygen atoms in total. The van der Waals surface area contributed by atoms with Gasteiger partial charge in [-0.05, 0) is 31.5 Å². The van der Waals surface area contributed by atoms with E-state index < -0.39 is 92.0 Å². The second kappa shape index (κ2) is 11.2. The third-order valence-electron chi connectivity index (χ3n) is 7.63. The number of aliphatic hydroxyl groups excluding tert-OH is 7. The van der Waals surface area contributed by atoms with E-state index in [1.165, 1.54) is 6.07 Å². The second-order valence-electron chi connectivity index (χ2n) is 10.8. The maximum atomic E-state index is 11.6. The van der Waals surface area contributed by atoms with Crippen LogP contribution in [-0.4, -0.2) is 122 Å². The van der Waals surface area contributed by atoms with Gasteiger partial charge in [0.1, 0.15) is 71.9 Å². The SMILES string of the molecule is CC(C)(O[C@H]1O[C@@H](CO)[C@@H](O[C@H]2O[C@@H](CO)[C@H](O)[C@H](O)[C@@H]2O)[C@@H](O)[C@@H]1O)[C@@H]1Cc2cc3ccc(=O)oc3cc2O1. The Morgan fingerprint density at radius 1 is 0.875 bits per heavy atom. The van der Waals surface area contributed by atoms with Crippen molar-refractivity contribution in [2.75, 3.05) is 13.2 Å². The Morgan fingerprint density at radius 3 is 2.25 bits per heavy atom. The monoisotopic (exact) mass is 570 g/mol. The molecule has 0 amide bonds. The third-order valence-corrected chi connectivity index (χ3v) is 7.63. The van der Waals surface area contributed by atoms with E-state index in [1.54, 1.807) is 26.0 Å². The van der Waals surface area contributed by atoms with Gasteiger partial charge in [-0.25, -0.2) is 4.79 Å². The van der Waals surface area contributed by atoms with E-state index in [1.807, 2.05) is 6.07 Å². The van der Waals surface area contributed by atoms with Crippen LogP contribution in [0.25, 0.3) is 11.0 Å². The standard InChI is InChI=1S/C26H34O14/c1-26(2,16-6-11-5-10-3-4-17(29)36-12(10)7-13(11)35-16)40-25-22(34)20(32)23(15(9-28)38-25)39-24-21(33)19(31)18(30)14(8-27)37-24/h3-5,7,14-16,18-25,27-28,30-34H,6,8-9H2,1-2H3/t14-,15-,16-,18-,19-,20-,21-,22-,23+,24+,25+/m0/s1. The number of fused-ring (bicyclic) bond motifs is 2. The van der Waals surface area contributed by atoms with Crippen molar-refractivity contribution in [2.24, 2.45) is 0 Å². The molecule has 2 saturated heterocycles. The van der Waals surface area contributed by atoms with Crippen molar-refractivity contribution in [3.05, 3.63) is 40.2 Å². The van der Waals surface area contributed by atoms with E-state index in [-0.39, 0.29) is 0 Å². The van der Waals surface area contributed by atoms with Crippen LogP contribution in [0.1, 0.15) is 19.4 Å². The van der Waals surface area contributed by atoms with Gasteiger partial charge < -0.3 is 63.8 Å². The predicted molar refractivity (Wildman–Crippen MR) is 132 cm³/mol. The van der Waals surface area contributed by atoms with Crippen LogP contribution in [0.3, 0.4) is 0 Å². The van der Waals surface area contributed by atoms with E-state index in [9.17, 15) is 40.5 Å². The summed E-state index contributed by atoms with van der Waals surface area (Å²) < 4.78 is 34.0. The molecule has 0 spiro atoms. The second-order valence-corrected chi connectivity index (χ2v) is 10.8. The van der Waals surface area contributed by atoms with E-state index in [2.05, 4.69) is 0 Å². The molecule has 222 valence electrons. The summed E-state index contributed by atoms with van der Waals surface area (Å²) in [6, 6.07) is 6.46. The lowest BCUT2D eigenvalue weighted by molar-refractivity contribution is -0.369. The lowest BCUT2D eigenvalue weighted by atomic mass is 9.94. The highest BCUT2D eigenvalue weighted by atomic mass is 16.7. The van der Waals surface area contributed by atoms with E-state index in [0.29, 0.717) is 17.8 Å². The first-order valence-electron chi connectivity index (χ1n) is 12.9. The molecule has 0 aliphatic carbocycles. The van der Waals surface area contributed by atoms with Crippen LogP contribution >= 0.6 is 0 Å². The molecule has 0 saturated carbocycles. The lowest BCUT2D eigenvalue weighted by Crippen LogP contribution is -2.65. The van der Waals surface area contributed by atoms with Gasteiger partial charge in [0, 0.05) is 23.9 Å². The van der Waals surface area contributed by atoms with Gasteiger partial charge in [0.2, 0.25) is 0 Å².